The Hall–Kier alpha value is -1.11. The number of rotatable bonds is 6. The molecule has 0 radical (unpaired) electrons. The number of amides is 2. The van der Waals surface area contributed by atoms with Gasteiger partial charge in [0.25, 0.3) is 0 Å². The highest BCUT2D eigenvalue weighted by Gasteiger charge is 2.43. The van der Waals surface area contributed by atoms with Gasteiger partial charge in [-0.3, -0.25) is 9.59 Å². The molecule has 0 aromatic heterocycles. The Labute approximate surface area is 127 Å². The van der Waals surface area contributed by atoms with Gasteiger partial charge < -0.3 is 10.2 Å². The normalized spacial score (nSPS) is 25.1. The van der Waals surface area contributed by atoms with Crippen molar-refractivity contribution in [3.8, 4) is 0 Å². The molecule has 3 unspecified atom stereocenters. The summed E-state index contributed by atoms with van der Waals surface area (Å²) in [6.45, 7) is 7.65. The second-order valence-electron chi connectivity index (χ2n) is 6.22. The summed E-state index contributed by atoms with van der Waals surface area (Å²) < 4.78 is 22.7. The summed E-state index contributed by atoms with van der Waals surface area (Å²) in [5, 5.41) is 2.80. The Balaban J connectivity index is 3.03. The molecule has 7 heteroatoms. The summed E-state index contributed by atoms with van der Waals surface area (Å²) >= 11 is 0. The average Bonchev–Trinajstić information content (AvgIpc) is 2.36. The van der Waals surface area contributed by atoms with Crippen LogP contribution in [0.1, 0.15) is 34.1 Å². The van der Waals surface area contributed by atoms with Crippen molar-refractivity contribution in [3.05, 3.63) is 0 Å². The molecule has 0 saturated carbocycles. The van der Waals surface area contributed by atoms with Gasteiger partial charge in [0.2, 0.25) is 11.8 Å². The van der Waals surface area contributed by atoms with E-state index < -0.39 is 21.9 Å². The molecule has 1 aliphatic heterocycles. The molecule has 1 fully saturated rings. The Bertz CT molecular complexity index is 501. The van der Waals surface area contributed by atoms with Crippen LogP contribution in [0.5, 0.6) is 0 Å². The van der Waals surface area contributed by atoms with E-state index >= 15 is 0 Å². The minimum absolute atomic E-state index is 0.0234. The van der Waals surface area contributed by atoms with Crippen LogP contribution in [0.4, 0.5) is 0 Å². The van der Waals surface area contributed by atoms with Crippen LogP contribution in [0.3, 0.4) is 0 Å². The maximum Gasteiger partial charge on any atom is 0.246 e. The predicted octanol–water partition coefficient (Wildman–Crippen LogP) is 0.429. The van der Waals surface area contributed by atoms with E-state index in [0.29, 0.717) is 0 Å². The van der Waals surface area contributed by atoms with Gasteiger partial charge in [0.1, 0.15) is 21.9 Å². The molecule has 3 atom stereocenters. The third-order valence-corrected chi connectivity index (χ3v) is 4.92. The molecule has 1 rings (SSSR count). The van der Waals surface area contributed by atoms with Crippen molar-refractivity contribution in [2.45, 2.75) is 46.2 Å². The lowest BCUT2D eigenvalue weighted by Crippen LogP contribution is -2.66. The number of carbonyl (C=O) groups is 2. The van der Waals surface area contributed by atoms with Crippen molar-refractivity contribution in [1.82, 2.24) is 10.2 Å². The van der Waals surface area contributed by atoms with Crippen molar-refractivity contribution in [3.63, 3.8) is 0 Å². The van der Waals surface area contributed by atoms with Gasteiger partial charge in [0.15, 0.2) is 0 Å². The van der Waals surface area contributed by atoms with Crippen LogP contribution in [0.25, 0.3) is 0 Å². The van der Waals surface area contributed by atoms with Crippen LogP contribution in [0.15, 0.2) is 0 Å². The Morgan fingerprint density at radius 2 is 1.81 bits per heavy atom. The van der Waals surface area contributed by atoms with Crippen molar-refractivity contribution in [1.29, 1.82) is 0 Å². The lowest BCUT2D eigenvalue weighted by molar-refractivity contribution is -0.152. The van der Waals surface area contributed by atoms with Gasteiger partial charge in [-0.05, 0) is 11.8 Å². The first-order chi connectivity index (χ1) is 9.58. The van der Waals surface area contributed by atoms with Crippen LogP contribution in [0, 0.1) is 11.8 Å². The number of hydrogen-bond donors (Lipinski definition) is 1. The second kappa shape index (κ2) is 6.77. The third kappa shape index (κ3) is 4.43. The zero-order valence-corrected chi connectivity index (χ0v) is 14.2. The Kier molecular flexibility index (Phi) is 5.78. The van der Waals surface area contributed by atoms with E-state index in [4.69, 9.17) is 0 Å². The van der Waals surface area contributed by atoms with E-state index in [1.165, 1.54) is 4.90 Å². The molecule has 6 nitrogen and oxygen atoms in total. The highest BCUT2D eigenvalue weighted by atomic mass is 32.2. The van der Waals surface area contributed by atoms with E-state index in [2.05, 4.69) is 5.32 Å². The van der Waals surface area contributed by atoms with Crippen LogP contribution in [-0.4, -0.2) is 55.8 Å². The highest BCUT2D eigenvalue weighted by molar-refractivity contribution is 7.90. The fourth-order valence-electron chi connectivity index (χ4n) is 2.56. The van der Waals surface area contributed by atoms with Crippen molar-refractivity contribution >= 4 is 21.7 Å². The van der Waals surface area contributed by atoms with Crippen LogP contribution < -0.4 is 5.32 Å². The maximum atomic E-state index is 12.6. The molecule has 0 aliphatic carbocycles. The first-order valence-electron chi connectivity index (χ1n) is 7.37. The first-order valence-corrected chi connectivity index (χ1v) is 9.43. The highest BCUT2D eigenvalue weighted by Crippen LogP contribution is 2.22. The van der Waals surface area contributed by atoms with Crippen LogP contribution >= 0.6 is 0 Å². The zero-order valence-electron chi connectivity index (χ0n) is 13.4. The van der Waals surface area contributed by atoms with Crippen molar-refractivity contribution < 1.29 is 18.0 Å². The van der Waals surface area contributed by atoms with Gasteiger partial charge in [-0.2, -0.15) is 0 Å². The van der Waals surface area contributed by atoms with Crippen LogP contribution in [0.2, 0.25) is 0 Å². The number of sulfone groups is 1. The standard InChI is InChI=1S/C14H26N2O4S/c1-6-10(4)11-14(18)16(7-8-21(5,19)20)12(9(2)3)13(17)15-11/h9-12H,6-8H2,1-5H3,(H,15,17). The van der Waals surface area contributed by atoms with Crippen molar-refractivity contribution in [2.24, 2.45) is 11.8 Å². The minimum atomic E-state index is -3.18. The molecular weight excluding hydrogens is 292 g/mol. The monoisotopic (exact) mass is 318 g/mol. The summed E-state index contributed by atoms with van der Waals surface area (Å²) in [6, 6.07) is -1.16. The predicted molar refractivity (Wildman–Crippen MR) is 81.4 cm³/mol. The molecule has 0 bridgehead atoms. The quantitative estimate of drug-likeness (QED) is 0.770. The lowest BCUT2D eigenvalue weighted by Gasteiger charge is -2.42. The summed E-state index contributed by atoms with van der Waals surface area (Å²) in [5.74, 6) is -0.529. The topological polar surface area (TPSA) is 83.6 Å². The SMILES string of the molecule is CCC(C)C1NC(=O)C(C(C)C)N(CCS(C)(=O)=O)C1=O. The fraction of sp³-hybridized carbons (Fsp3) is 0.857. The number of nitrogens with zero attached hydrogens (tertiary/aromatic N) is 1. The van der Waals surface area contributed by atoms with Gasteiger partial charge in [-0.1, -0.05) is 34.1 Å². The van der Waals surface area contributed by atoms with Crippen LogP contribution in [-0.2, 0) is 19.4 Å². The van der Waals surface area contributed by atoms with E-state index in [9.17, 15) is 18.0 Å². The van der Waals surface area contributed by atoms with Gasteiger partial charge in [0.05, 0.1) is 5.75 Å². The summed E-state index contributed by atoms with van der Waals surface area (Å²) in [5.41, 5.74) is 0. The molecule has 1 N–H and O–H groups in total. The number of nitrogens with one attached hydrogen (secondary N) is 1. The largest absolute Gasteiger partial charge is 0.342 e. The molecule has 1 saturated heterocycles. The average molecular weight is 318 g/mol. The van der Waals surface area contributed by atoms with Gasteiger partial charge in [-0.25, -0.2) is 8.42 Å². The molecule has 1 heterocycles. The Morgan fingerprint density at radius 1 is 1.24 bits per heavy atom. The summed E-state index contributed by atoms with van der Waals surface area (Å²) in [6.07, 6.45) is 1.90. The van der Waals surface area contributed by atoms with Gasteiger partial charge in [0, 0.05) is 12.8 Å². The first kappa shape index (κ1) is 17.9. The van der Waals surface area contributed by atoms with Gasteiger partial charge >= 0.3 is 0 Å². The van der Waals surface area contributed by atoms with E-state index in [1.54, 1.807) is 0 Å². The molecule has 0 aromatic rings. The molecule has 0 aromatic carbocycles. The number of hydrogen-bond acceptors (Lipinski definition) is 4. The molecular formula is C14H26N2O4S. The molecule has 1 aliphatic rings. The number of piperazine rings is 1. The zero-order chi connectivity index (χ0) is 16.4. The molecule has 122 valence electrons. The van der Waals surface area contributed by atoms with Crippen molar-refractivity contribution in [2.75, 3.05) is 18.6 Å². The van der Waals surface area contributed by atoms with Gasteiger partial charge in [-0.15, -0.1) is 0 Å². The second-order valence-corrected chi connectivity index (χ2v) is 8.48. The third-order valence-electron chi connectivity index (χ3n) is 4.00. The number of carbonyl (C=O) groups excluding carboxylic acids is 2. The lowest BCUT2D eigenvalue weighted by atomic mass is 9.91. The van der Waals surface area contributed by atoms with E-state index in [-0.39, 0.29) is 35.9 Å². The smallest absolute Gasteiger partial charge is 0.246 e. The fourth-order valence-corrected chi connectivity index (χ4v) is 3.08. The molecule has 21 heavy (non-hydrogen) atoms. The minimum Gasteiger partial charge on any atom is -0.342 e. The maximum absolute atomic E-state index is 12.6. The summed E-state index contributed by atoms with van der Waals surface area (Å²) in [7, 11) is -3.18. The summed E-state index contributed by atoms with van der Waals surface area (Å²) in [4.78, 5) is 26.4. The molecule has 2 amide bonds. The Morgan fingerprint density at radius 3 is 2.24 bits per heavy atom. The van der Waals surface area contributed by atoms with E-state index in [1.807, 2.05) is 27.7 Å². The van der Waals surface area contributed by atoms with E-state index in [0.717, 1.165) is 12.7 Å². The molecule has 0 spiro atoms.